The third-order valence-electron chi connectivity index (χ3n) is 10.6. The summed E-state index contributed by atoms with van der Waals surface area (Å²) in [6, 6.07) is 0. The first-order valence-corrected chi connectivity index (χ1v) is 12.9. The summed E-state index contributed by atoms with van der Waals surface area (Å²) in [6.45, 7) is 12.3. The Morgan fingerprint density at radius 2 is 1.80 bits per heavy atom. The van der Waals surface area contributed by atoms with Crippen molar-refractivity contribution in [2.75, 3.05) is 6.61 Å². The summed E-state index contributed by atoms with van der Waals surface area (Å²) < 4.78 is 0. The highest BCUT2D eigenvalue weighted by Crippen LogP contribution is 2.67. The summed E-state index contributed by atoms with van der Waals surface area (Å²) in [4.78, 5) is 0. The summed E-state index contributed by atoms with van der Waals surface area (Å²) in [5.74, 6) is 4.97. The minimum Gasteiger partial charge on any atom is -0.395 e. The lowest BCUT2D eigenvalue weighted by molar-refractivity contribution is -0.0774. The maximum absolute atomic E-state index is 10.6. The van der Waals surface area contributed by atoms with Crippen LogP contribution < -0.4 is 0 Å². The predicted octanol–water partition coefficient (Wildman–Crippen LogP) is 6.38. The maximum Gasteiger partial charge on any atom is 0.0577 e. The Morgan fingerprint density at radius 1 is 1.03 bits per heavy atom. The van der Waals surface area contributed by atoms with Gasteiger partial charge in [0.1, 0.15) is 0 Å². The zero-order valence-electron chi connectivity index (χ0n) is 20.1. The number of allylic oxidation sites excluding steroid dienone is 3. The van der Waals surface area contributed by atoms with Crippen molar-refractivity contribution in [2.24, 2.45) is 52.3 Å². The SMILES string of the molecule is CC(C)[C@@H](C)/C=C/[C@@H](C)[C@H]1CC[C@H]2[C@@H]3CC=C4C[C@@H](O)CC[C@]4(CO)[C@H]3CC[C@]12C. The molecular formula is C28H46O2. The normalized spacial score (nSPS) is 45.6. The first-order chi connectivity index (χ1) is 14.2. The van der Waals surface area contributed by atoms with Crippen LogP contribution in [0, 0.1) is 52.3 Å². The summed E-state index contributed by atoms with van der Waals surface area (Å²) >= 11 is 0. The van der Waals surface area contributed by atoms with E-state index in [0.29, 0.717) is 29.1 Å². The molecule has 30 heavy (non-hydrogen) atoms. The van der Waals surface area contributed by atoms with Crippen molar-refractivity contribution in [3.8, 4) is 0 Å². The highest BCUT2D eigenvalue weighted by molar-refractivity contribution is 5.26. The molecule has 9 atom stereocenters. The van der Waals surface area contributed by atoms with Crippen LogP contribution in [0.1, 0.15) is 86.0 Å². The van der Waals surface area contributed by atoms with E-state index in [1.54, 1.807) is 0 Å². The molecule has 3 fully saturated rings. The first-order valence-electron chi connectivity index (χ1n) is 12.9. The second-order valence-corrected chi connectivity index (χ2v) is 12.1. The fraction of sp³-hybridized carbons (Fsp3) is 0.857. The highest BCUT2D eigenvalue weighted by Gasteiger charge is 2.60. The standard InChI is InChI=1S/C28H46O2/c1-18(2)19(3)6-7-20(4)24-10-11-25-23-9-8-21-16-22(30)12-15-28(21,17-29)26(23)13-14-27(24,25)5/h6-8,18-20,22-26,29-30H,9-17H2,1-5H3/b7-6+/t19-,20+,22-,23-,24+,25-,26-,27+,28+/m0/s1. The van der Waals surface area contributed by atoms with Crippen molar-refractivity contribution in [2.45, 2.75) is 92.1 Å². The monoisotopic (exact) mass is 414 g/mol. The molecule has 3 saturated carbocycles. The molecule has 0 unspecified atom stereocenters. The zero-order valence-corrected chi connectivity index (χ0v) is 20.1. The van der Waals surface area contributed by atoms with E-state index in [-0.39, 0.29) is 18.1 Å². The van der Waals surface area contributed by atoms with Gasteiger partial charge in [-0.25, -0.2) is 0 Å². The lowest BCUT2D eigenvalue weighted by Gasteiger charge is -2.58. The molecule has 0 bridgehead atoms. The molecule has 0 aromatic rings. The van der Waals surface area contributed by atoms with Gasteiger partial charge < -0.3 is 10.2 Å². The molecule has 0 aromatic heterocycles. The molecule has 4 rings (SSSR count). The van der Waals surface area contributed by atoms with Crippen molar-refractivity contribution >= 4 is 0 Å². The Morgan fingerprint density at radius 3 is 2.50 bits per heavy atom. The van der Waals surface area contributed by atoms with Crippen molar-refractivity contribution in [3.63, 3.8) is 0 Å². The van der Waals surface area contributed by atoms with Gasteiger partial charge in [0.05, 0.1) is 12.7 Å². The molecule has 2 nitrogen and oxygen atoms in total. The summed E-state index contributed by atoms with van der Waals surface area (Å²) in [7, 11) is 0. The fourth-order valence-electron chi connectivity index (χ4n) is 8.34. The molecule has 2 heteroatoms. The molecule has 0 radical (unpaired) electrons. The average Bonchev–Trinajstić information content (AvgIpc) is 3.08. The molecule has 0 saturated heterocycles. The number of hydrogen-bond donors (Lipinski definition) is 2. The molecular weight excluding hydrogens is 368 g/mol. The molecule has 4 aliphatic carbocycles. The Balaban J connectivity index is 1.55. The molecule has 0 spiro atoms. The van der Waals surface area contributed by atoms with Gasteiger partial charge in [-0.2, -0.15) is 0 Å². The van der Waals surface area contributed by atoms with Crippen molar-refractivity contribution in [1.82, 2.24) is 0 Å². The Kier molecular flexibility index (Phi) is 6.32. The number of hydrogen-bond acceptors (Lipinski definition) is 2. The summed E-state index contributed by atoms with van der Waals surface area (Å²) in [5, 5.41) is 20.8. The summed E-state index contributed by atoms with van der Waals surface area (Å²) in [6.07, 6.45) is 16.4. The second kappa shape index (κ2) is 8.39. The molecule has 0 amide bonds. The van der Waals surface area contributed by atoms with Crippen molar-refractivity contribution in [1.29, 1.82) is 0 Å². The smallest absolute Gasteiger partial charge is 0.0577 e. The average molecular weight is 415 g/mol. The largest absolute Gasteiger partial charge is 0.395 e. The minimum absolute atomic E-state index is 0.0280. The minimum atomic E-state index is -0.196. The van der Waals surface area contributed by atoms with Crippen LogP contribution in [0.15, 0.2) is 23.8 Å². The maximum atomic E-state index is 10.6. The van der Waals surface area contributed by atoms with Crippen molar-refractivity contribution < 1.29 is 10.2 Å². The van der Waals surface area contributed by atoms with Crippen LogP contribution in [-0.4, -0.2) is 22.9 Å². The van der Waals surface area contributed by atoms with Crippen LogP contribution in [0.25, 0.3) is 0 Å². The van der Waals surface area contributed by atoms with E-state index >= 15 is 0 Å². The van der Waals surface area contributed by atoms with Gasteiger partial charge in [0.25, 0.3) is 0 Å². The molecule has 0 heterocycles. The van der Waals surface area contributed by atoms with Gasteiger partial charge in [0.2, 0.25) is 0 Å². The van der Waals surface area contributed by atoms with E-state index in [0.717, 1.165) is 37.0 Å². The van der Waals surface area contributed by atoms with Gasteiger partial charge in [0.15, 0.2) is 0 Å². The predicted molar refractivity (Wildman–Crippen MR) is 125 cm³/mol. The van der Waals surface area contributed by atoms with Gasteiger partial charge in [-0.05, 0) is 98.2 Å². The van der Waals surface area contributed by atoms with Crippen LogP contribution in [0.3, 0.4) is 0 Å². The number of rotatable bonds is 5. The van der Waals surface area contributed by atoms with Gasteiger partial charge in [0, 0.05) is 5.41 Å². The zero-order chi connectivity index (χ0) is 21.7. The number of aliphatic hydroxyl groups excluding tert-OH is 2. The van der Waals surface area contributed by atoms with Crippen LogP contribution in [0.4, 0.5) is 0 Å². The van der Waals surface area contributed by atoms with E-state index in [4.69, 9.17) is 0 Å². The number of fused-ring (bicyclic) bond motifs is 5. The van der Waals surface area contributed by atoms with Gasteiger partial charge in [-0.15, -0.1) is 0 Å². The Bertz CT molecular complexity index is 678. The van der Waals surface area contributed by atoms with Gasteiger partial charge in [-0.3, -0.25) is 0 Å². The van der Waals surface area contributed by atoms with Gasteiger partial charge in [-0.1, -0.05) is 58.4 Å². The van der Waals surface area contributed by atoms with Crippen LogP contribution in [0.5, 0.6) is 0 Å². The summed E-state index contributed by atoms with van der Waals surface area (Å²) in [5.41, 5.74) is 1.81. The Labute approximate surface area is 185 Å². The molecule has 0 aliphatic heterocycles. The fourth-order valence-corrected chi connectivity index (χ4v) is 8.34. The number of aliphatic hydroxyl groups is 2. The van der Waals surface area contributed by atoms with E-state index in [1.165, 1.54) is 37.7 Å². The van der Waals surface area contributed by atoms with Crippen LogP contribution in [0.2, 0.25) is 0 Å². The third kappa shape index (κ3) is 3.54. The van der Waals surface area contributed by atoms with Crippen LogP contribution >= 0.6 is 0 Å². The molecule has 2 N–H and O–H groups in total. The molecule has 4 aliphatic rings. The van der Waals surface area contributed by atoms with E-state index in [1.807, 2.05) is 0 Å². The highest BCUT2D eigenvalue weighted by atomic mass is 16.3. The Hall–Kier alpha value is -0.600. The quantitative estimate of drug-likeness (QED) is 0.512. The third-order valence-corrected chi connectivity index (χ3v) is 10.6. The lowest BCUT2D eigenvalue weighted by atomic mass is 9.46. The van der Waals surface area contributed by atoms with E-state index < -0.39 is 0 Å². The lowest BCUT2D eigenvalue weighted by Crippen LogP contribution is -2.53. The first kappa shape index (κ1) is 22.6. The van der Waals surface area contributed by atoms with E-state index in [2.05, 4.69) is 52.8 Å². The second-order valence-electron chi connectivity index (χ2n) is 12.1. The van der Waals surface area contributed by atoms with Crippen molar-refractivity contribution in [3.05, 3.63) is 23.8 Å². The van der Waals surface area contributed by atoms with Crippen LogP contribution in [-0.2, 0) is 0 Å². The molecule has 170 valence electrons. The van der Waals surface area contributed by atoms with Gasteiger partial charge >= 0.3 is 0 Å². The topological polar surface area (TPSA) is 40.5 Å². The molecule has 0 aromatic carbocycles. The van der Waals surface area contributed by atoms with E-state index in [9.17, 15) is 10.2 Å².